The summed E-state index contributed by atoms with van der Waals surface area (Å²) >= 11 is 0. The Morgan fingerprint density at radius 2 is 2.05 bits per heavy atom. The van der Waals surface area contributed by atoms with Crippen LogP contribution in [0.1, 0.15) is 12.8 Å². The van der Waals surface area contributed by atoms with Gasteiger partial charge in [-0.3, -0.25) is 4.98 Å². The van der Waals surface area contributed by atoms with E-state index in [2.05, 4.69) is 15.0 Å². The number of pyridine rings is 1. The van der Waals surface area contributed by atoms with Gasteiger partial charge in [-0.05, 0) is 12.5 Å². The lowest BCUT2D eigenvalue weighted by molar-refractivity contribution is -0.135. The monoisotopic (exact) mass is 297 g/mol. The molecule has 2 N–H and O–H groups in total. The Kier molecular flexibility index (Phi) is 5.12. The number of hydrogen-bond acceptors (Lipinski definition) is 4. The van der Waals surface area contributed by atoms with Gasteiger partial charge in [-0.1, -0.05) is 0 Å². The fraction of sp³-hybridized carbons (Fsp3) is 0.500. The first kappa shape index (κ1) is 15.7. The van der Waals surface area contributed by atoms with Crippen molar-refractivity contribution in [3.8, 4) is 0 Å². The van der Waals surface area contributed by atoms with E-state index >= 15 is 0 Å². The van der Waals surface area contributed by atoms with Crippen LogP contribution in [0.15, 0.2) is 23.4 Å². The zero-order valence-electron chi connectivity index (χ0n) is 10.2. The van der Waals surface area contributed by atoms with Crippen molar-refractivity contribution in [2.24, 2.45) is 0 Å². The van der Waals surface area contributed by atoms with Crippen LogP contribution in [0.2, 0.25) is 0 Å². The van der Waals surface area contributed by atoms with E-state index in [1.807, 2.05) is 0 Å². The van der Waals surface area contributed by atoms with Gasteiger partial charge in [-0.15, -0.1) is 0 Å². The number of rotatable bonds is 6. The van der Waals surface area contributed by atoms with Crippen molar-refractivity contribution in [1.29, 1.82) is 0 Å². The zero-order chi connectivity index (χ0) is 14.5. The zero-order valence-corrected chi connectivity index (χ0v) is 11.0. The summed E-state index contributed by atoms with van der Waals surface area (Å²) in [5.74, 6) is 0. The molecule has 0 spiro atoms. The number of nitrogens with zero attached hydrogens (tertiary/aromatic N) is 1. The Balaban J connectivity index is 2.66. The molecular formula is C10H14F3N3O2S. The van der Waals surface area contributed by atoms with Crippen LogP contribution in [-0.4, -0.2) is 33.2 Å². The molecule has 108 valence electrons. The van der Waals surface area contributed by atoms with Crippen LogP contribution in [0.4, 0.5) is 18.9 Å². The molecule has 0 amide bonds. The van der Waals surface area contributed by atoms with Gasteiger partial charge in [0.25, 0.3) is 0 Å². The SMILES string of the molecule is CNc1ccncc1S(=O)(=O)NCCCC(F)(F)F. The van der Waals surface area contributed by atoms with E-state index in [4.69, 9.17) is 0 Å². The van der Waals surface area contributed by atoms with E-state index < -0.39 is 22.6 Å². The van der Waals surface area contributed by atoms with Gasteiger partial charge in [0.15, 0.2) is 0 Å². The fourth-order valence-electron chi connectivity index (χ4n) is 1.37. The standard InChI is InChI=1S/C10H14F3N3O2S/c1-14-8-3-6-15-7-9(8)19(17,18)16-5-2-4-10(11,12)13/h3,6-7,16H,2,4-5H2,1H3,(H,14,15). The Labute approximate surface area is 109 Å². The molecule has 1 rings (SSSR count). The number of nitrogens with one attached hydrogen (secondary N) is 2. The Bertz CT molecular complexity index is 517. The van der Waals surface area contributed by atoms with Gasteiger partial charge in [0.05, 0.1) is 5.69 Å². The van der Waals surface area contributed by atoms with Crippen molar-refractivity contribution >= 4 is 15.7 Å². The summed E-state index contributed by atoms with van der Waals surface area (Å²) in [5.41, 5.74) is 0.332. The first-order valence-corrected chi connectivity index (χ1v) is 6.93. The molecule has 0 aliphatic heterocycles. The van der Waals surface area contributed by atoms with Gasteiger partial charge in [-0.2, -0.15) is 13.2 Å². The van der Waals surface area contributed by atoms with Crippen molar-refractivity contribution in [1.82, 2.24) is 9.71 Å². The molecule has 0 unspecified atom stereocenters. The highest BCUT2D eigenvalue weighted by molar-refractivity contribution is 7.89. The predicted octanol–water partition coefficient (Wildman–Crippen LogP) is 1.74. The maximum absolute atomic E-state index is 11.9. The molecule has 0 aliphatic carbocycles. The second kappa shape index (κ2) is 6.20. The molecule has 0 bridgehead atoms. The van der Waals surface area contributed by atoms with Crippen LogP contribution in [0, 0.1) is 0 Å². The van der Waals surface area contributed by atoms with Crippen molar-refractivity contribution < 1.29 is 21.6 Å². The molecule has 1 heterocycles. The van der Waals surface area contributed by atoms with Crippen molar-refractivity contribution in [2.45, 2.75) is 23.9 Å². The van der Waals surface area contributed by atoms with Crippen molar-refractivity contribution in [3.05, 3.63) is 18.5 Å². The molecule has 0 aliphatic rings. The lowest BCUT2D eigenvalue weighted by atomic mass is 10.3. The largest absolute Gasteiger partial charge is 0.389 e. The van der Waals surface area contributed by atoms with Crippen LogP contribution in [0.5, 0.6) is 0 Å². The second-order valence-electron chi connectivity index (χ2n) is 3.74. The predicted molar refractivity (Wildman–Crippen MR) is 64.3 cm³/mol. The molecule has 19 heavy (non-hydrogen) atoms. The topological polar surface area (TPSA) is 71.1 Å². The van der Waals surface area contributed by atoms with E-state index in [1.165, 1.54) is 19.3 Å². The van der Waals surface area contributed by atoms with Gasteiger partial charge < -0.3 is 5.32 Å². The molecule has 0 atom stereocenters. The smallest absolute Gasteiger partial charge is 0.387 e. The van der Waals surface area contributed by atoms with Crippen LogP contribution in [0.25, 0.3) is 0 Å². The van der Waals surface area contributed by atoms with Crippen molar-refractivity contribution in [2.75, 3.05) is 18.9 Å². The minimum atomic E-state index is -4.28. The molecule has 5 nitrogen and oxygen atoms in total. The third kappa shape index (κ3) is 5.03. The maximum Gasteiger partial charge on any atom is 0.389 e. The molecule has 9 heteroatoms. The first-order valence-electron chi connectivity index (χ1n) is 5.44. The summed E-state index contributed by atoms with van der Waals surface area (Å²) in [5, 5.41) is 2.68. The molecule has 0 saturated carbocycles. The van der Waals surface area contributed by atoms with Gasteiger partial charge in [0.2, 0.25) is 10.0 Å². The summed E-state index contributed by atoms with van der Waals surface area (Å²) in [6.45, 7) is -0.278. The normalized spacial score (nSPS) is 12.4. The van der Waals surface area contributed by atoms with Gasteiger partial charge in [-0.25, -0.2) is 13.1 Å². The third-order valence-corrected chi connectivity index (χ3v) is 3.76. The fourth-order valence-corrected chi connectivity index (χ4v) is 2.60. The van der Waals surface area contributed by atoms with Crippen LogP contribution in [0.3, 0.4) is 0 Å². The molecule has 0 fully saturated rings. The maximum atomic E-state index is 11.9. The highest BCUT2D eigenvalue weighted by atomic mass is 32.2. The Morgan fingerprint density at radius 3 is 2.63 bits per heavy atom. The molecule has 1 aromatic rings. The highest BCUT2D eigenvalue weighted by Gasteiger charge is 2.26. The Hall–Kier alpha value is -1.35. The van der Waals surface area contributed by atoms with E-state index in [0.717, 1.165) is 6.20 Å². The highest BCUT2D eigenvalue weighted by Crippen LogP contribution is 2.21. The number of hydrogen-bond donors (Lipinski definition) is 2. The summed E-state index contributed by atoms with van der Waals surface area (Å²) in [4.78, 5) is 3.59. The lowest BCUT2D eigenvalue weighted by Crippen LogP contribution is -2.26. The van der Waals surface area contributed by atoms with Crippen LogP contribution in [-0.2, 0) is 10.0 Å². The van der Waals surface area contributed by atoms with E-state index in [9.17, 15) is 21.6 Å². The average molecular weight is 297 g/mol. The summed E-state index contributed by atoms with van der Waals surface area (Å²) in [6.07, 6.45) is -3.07. The molecular weight excluding hydrogens is 283 g/mol. The number of aromatic nitrogens is 1. The molecule has 0 aromatic carbocycles. The van der Waals surface area contributed by atoms with Gasteiger partial charge >= 0.3 is 6.18 Å². The number of sulfonamides is 1. The quantitative estimate of drug-likeness (QED) is 0.785. The number of anilines is 1. The van der Waals surface area contributed by atoms with E-state index in [-0.39, 0.29) is 17.9 Å². The van der Waals surface area contributed by atoms with Gasteiger partial charge in [0, 0.05) is 32.4 Å². The molecule has 1 aromatic heterocycles. The van der Waals surface area contributed by atoms with E-state index in [1.54, 1.807) is 0 Å². The van der Waals surface area contributed by atoms with E-state index in [0.29, 0.717) is 5.69 Å². The average Bonchev–Trinajstić information content (AvgIpc) is 2.33. The van der Waals surface area contributed by atoms with Crippen molar-refractivity contribution in [3.63, 3.8) is 0 Å². The minimum absolute atomic E-state index is 0.0930. The summed E-state index contributed by atoms with van der Waals surface area (Å²) in [7, 11) is -2.32. The minimum Gasteiger partial charge on any atom is -0.387 e. The number of alkyl halides is 3. The first-order chi connectivity index (χ1) is 8.76. The summed E-state index contributed by atoms with van der Waals surface area (Å²) in [6, 6.07) is 1.46. The third-order valence-electron chi connectivity index (χ3n) is 2.27. The van der Waals surface area contributed by atoms with Gasteiger partial charge in [0.1, 0.15) is 4.90 Å². The van der Waals surface area contributed by atoms with Crippen LogP contribution >= 0.6 is 0 Å². The summed E-state index contributed by atoms with van der Waals surface area (Å²) < 4.78 is 61.6. The molecule has 0 saturated heterocycles. The number of halogens is 3. The Morgan fingerprint density at radius 1 is 1.37 bits per heavy atom. The van der Waals surface area contributed by atoms with Crippen LogP contribution < -0.4 is 10.0 Å². The lowest BCUT2D eigenvalue weighted by Gasteiger charge is -2.11. The molecule has 0 radical (unpaired) electrons. The second-order valence-corrected chi connectivity index (χ2v) is 5.47.